The second-order valence-corrected chi connectivity index (χ2v) is 7.48. The summed E-state index contributed by atoms with van der Waals surface area (Å²) in [4.78, 5) is 29.8. The van der Waals surface area contributed by atoms with Crippen molar-refractivity contribution in [3.05, 3.63) is 71.1 Å². The first-order valence-corrected chi connectivity index (χ1v) is 10.6. The summed E-state index contributed by atoms with van der Waals surface area (Å²) < 4.78 is 24.6. The van der Waals surface area contributed by atoms with E-state index in [1.165, 1.54) is 18.3 Å². The third kappa shape index (κ3) is 4.58. The molecule has 0 unspecified atom stereocenters. The fourth-order valence-electron chi connectivity index (χ4n) is 3.48. The second kappa shape index (κ2) is 9.70. The van der Waals surface area contributed by atoms with Crippen molar-refractivity contribution >= 4 is 52.0 Å². The normalized spacial score (nSPS) is 10.6. The van der Waals surface area contributed by atoms with Crippen LogP contribution >= 0.6 is 11.6 Å². The van der Waals surface area contributed by atoms with Gasteiger partial charge in [0.25, 0.3) is 0 Å². The maximum Gasteiger partial charge on any atom is 0.416 e. The molecule has 0 spiro atoms. The topological polar surface area (TPSA) is 129 Å². The number of nitriles is 1. The van der Waals surface area contributed by atoms with E-state index in [-0.39, 0.29) is 39.9 Å². The molecule has 2 heterocycles. The number of amides is 2. The minimum atomic E-state index is -1.45. The SMILES string of the molecule is CCOC(=O)Nc1oc2c(-c3cccc(C#N)c3)nccc2c1N(C(=O)O)c1ccc(F)c(Cl)c1. The molecule has 0 aliphatic rings. The molecule has 0 radical (unpaired) electrons. The van der Waals surface area contributed by atoms with Gasteiger partial charge in [-0.1, -0.05) is 23.7 Å². The third-order valence-electron chi connectivity index (χ3n) is 4.91. The van der Waals surface area contributed by atoms with Crippen LogP contribution in [0.3, 0.4) is 0 Å². The van der Waals surface area contributed by atoms with Gasteiger partial charge in [0.15, 0.2) is 5.58 Å². The Kier molecular flexibility index (Phi) is 6.53. The highest BCUT2D eigenvalue weighted by atomic mass is 35.5. The van der Waals surface area contributed by atoms with Crippen molar-refractivity contribution in [1.29, 1.82) is 5.26 Å². The summed E-state index contributed by atoms with van der Waals surface area (Å²) in [6.45, 7) is 1.67. The first-order chi connectivity index (χ1) is 16.8. The van der Waals surface area contributed by atoms with Crippen LogP contribution in [0.2, 0.25) is 5.02 Å². The number of hydrogen-bond donors (Lipinski definition) is 2. The van der Waals surface area contributed by atoms with Crippen molar-refractivity contribution in [2.75, 3.05) is 16.8 Å². The van der Waals surface area contributed by atoms with Crippen molar-refractivity contribution in [3.63, 3.8) is 0 Å². The number of aromatic nitrogens is 1. The average molecular weight is 495 g/mol. The number of carbonyl (C=O) groups excluding carboxylic acids is 1. The summed E-state index contributed by atoms with van der Waals surface area (Å²) in [5.41, 5.74) is 1.30. The lowest BCUT2D eigenvalue weighted by atomic mass is 10.1. The molecule has 2 amide bonds. The predicted molar refractivity (Wildman–Crippen MR) is 126 cm³/mol. The molecule has 0 aliphatic carbocycles. The van der Waals surface area contributed by atoms with Gasteiger partial charge in [-0.25, -0.2) is 18.9 Å². The summed E-state index contributed by atoms with van der Waals surface area (Å²) in [6, 6.07) is 13.5. The van der Waals surface area contributed by atoms with Gasteiger partial charge >= 0.3 is 12.2 Å². The minimum absolute atomic E-state index is 0.00310. The molecule has 0 fully saturated rings. The van der Waals surface area contributed by atoms with E-state index in [0.29, 0.717) is 16.8 Å². The van der Waals surface area contributed by atoms with E-state index in [2.05, 4.69) is 10.3 Å². The van der Waals surface area contributed by atoms with E-state index in [4.69, 9.17) is 20.8 Å². The van der Waals surface area contributed by atoms with E-state index in [1.54, 1.807) is 31.2 Å². The molecule has 0 bridgehead atoms. The largest absolute Gasteiger partial charge is 0.464 e. The molecular formula is C24H16ClFN4O5. The van der Waals surface area contributed by atoms with Crippen LogP contribution in [0.25, 0.3) is 22.2 Å². The fraction of sp³-hybridized carbons (Fsp3) is 0.0833. The van der Waals surface area contributed by atoms with Gasteiger partial charge in [-0.2, -0.15) is 5.26 Å². The van der Waals surface area contributed by atoms with Crippen molar-refractivity contribution in [3.8, 4) is 17.3 Å². The van der Waals surface area contributed by atoms with Crippen LogP contribution in [0.15, 0.2) is 59.1 Å². The zero-order valence-electron chi connectivity index (χ0n) is 18.1. The monoisotopic (exact) mass is 494 g/mol. The van der Waals surface area contributed by atoms with Crippen molar-refractivity contribution in [2.24, 2.45) is 0 Å². The number of nitrogens with one attached hydrogen (secondary N) is 1. The van der Waals surface area contributed by atoms with Crippen LogP contribution in [0.1, 0.15) is 12.5 Å². The number of carboxylic acid groups (broad SMARTS) is 1. The molecule has 0 atom stereocenters. The molecule has 0 saturated carbocycles. The number of rotatable bonds is 5. The molecule has 2 N–H and O–H groups in total. The third-order valence-corrected chi connectivity index (χ3v) is 5.20. The Labute approximate surface area is 202 Å². The molecule has 2 aromatic carbocycles. The Balaban J connectivity index is 1.99. The number of carbonyl (C=O) groups is 2. The standard InChI is InChI=1S/C24H16ClFN4O5/c1-2-34-23(31)29-22-20(30(24(32)33)15-6-7-18(26)17(25)11-15)16-8-9-28-19(21(16)35-22)14-5-3-4-13(10-14)12-27/h3-11H,2H2,1H3,(H,29,31)(H,32,33). The molecule has 0 aliphatic heterocycles. The molecule has 176 valence electrons. The second-order valence-electron chi connectivity index (χ2n) is 7.07. The molecular weight excluding hydrogens is 479 g/mol. The molecule has 4 rings (SSSR count). The van der Waals surface area contributed by atoms with Gasteiger partial charge in [0.05, 0.1) is 34.3 Å². The number of fused-ring (bicyclic) bond motifs is 1. The molecule has 4 aromatic rings. The van der Waals surface area contributed by atoms with E-state index in [0.717, 1.165) is 17.0 Å². The Hall–Kier alpha value is -4.62. The lowest BCUT2D eigenvalue weighted by molar-refractivity contribution is 0.167. The maximum atomic E-state index is 13.8. The van der Waals surface area contributed by atoms with Crippen molar-refractivity contribution in [2.45, 2.75) is 6.92 Å². The zero-order valence-corrected chi connectivity index (χ0v) is 18.8. The highest BCUT2D eigenvalue weighted by Crippen LogP contribution is 2.44. The van der Waals surface area contributed by atoms with Crippen LogP contribution in [0.4, 0.5) is 31.2 Å². The number of pyridine rings is 1. The number of furan rings is 1. The van der Waals surface area contributed by atoms with Crippen LogP contribution in [0, 0.1) is 17.1 Å². The van der Waals surface area contributed by atoms with Crippen molar-refractivity contribution < 1.29 is 28.2 Å². The Morgan fingerprint density at radius 2 is 2.09 bits per heavy atom. The first-order valence-electron chi connectivity index (χ1n) is 10.2. The summed E-state index contributed by atoms with van der Waals surface area (Å²) in [6.07, 6.45) is -0.898. The quantitative estimate of drug-likeness (QED) is 0.322. The van der Waals surface area contributed by atoms with Gasteiger partial charge in [-0.15, -0.1) is 0 Å². The molecule has 2 aromatic heterocycles. The summed E-state index contributed by atoms with van der Waals surface area (Å²) in [7, 11) is 0. The van der Waals surface area contributed by atoms with Crippen LogP contribution in [0.5, 0.6) is 0 Å². The first kappa shape index (κ1) is 23.5. The summed E-state index contributed by atoms with van der Waals surface area (Å²) in [5, 5.41) is 21.7. The predicted octanol–water partition coefficient (Wildman–Crippen LogP) is 6.54. The summed E-state index contributed by atoms with van der Waals surface area (Å²) in [5.74, 6) is -0.974. The maximum absolute atomic E-state index is 13.8. The van der Waals surface area contributed by atoms with Crippen LogP contribution in [-0.2, 0) is 4.74 Å². The number of benzene rings is 2. The molecule has 35 heavy (non-hydrogen) atoms. The highest BCUT2D eigenvalue weighted by Gasteiger charge is 2.30. The molecule has 9 nitrogen and oxygen atoms in total. The molecule has 11 heteroatoms. The zero-order chi connectivity index (χ0) is 25.1. The smallest absolute Gasteiger partial charge is 0.416 e. The van der Waals surface area contributed by atoms with E-state index >= 15 is 0 Å². The number of halogens is 2. The van der Waals surface area contributed by atoms with Gasteiger partial charge in [0.1, 0.15) is 17.2 Å². The fourth-order valence-corrected chi connectivity index (χ4v) is 3.65. The van der Waals surface area contributed by atoms with Gasteiger partial charge in [0, 0.05) is 11.8 Å². The Bertz CT molecular complexity index is 1500. The minimum Gasteiger partial charge on any atom is -0.464 e. The average Bonchev–Trinajstić information content (AvgIpc) is 3.19. The van der Waals surface area contributed by atoms with Crippen LogP contribution in [-0.4, -0.2) is 28.9 Å². The number of ether oxygens (including phenoxy) is 1. The molecule has 0 saturated heterocycles. The van der Waals surface area contributed by atoms with Gasteiger partial charge in [0.2, 0.25) is 5.88 Å². The van der Waals surface area contributed by atoms with E-state index in [1.807, 2.05) is 6.07 Å². The highest BCUT2D eigenvalue weighted by molar-refractivity contribution is 6.31. The number of nitrogens with zero attached hydrogens (tertiary/aromatic N) is 3. The van der Waals surface area contributed by atoms with Crippen molar-refractivity contribution in [1.82, 2.24) is 4.98 Å². The lowest BCUT2D eigenvalue weighted by Crippen LogP contribution is -2.25. The summed E-state index contributed by atoms with van der Waals surface area (Å²) >= 11 is 5.90. The number of anilines is 3. The lowest BCUT2D eigenvalue weighted by Gasteiger charge is -2.20. The Morgan fingerprint density at radius 1 is 1.29 bits per heavy atom. The van der Waals surface area contributed by atoms with Gasteiger partial charge < -0.3 is 14.3 Å². The van der Waals surface area contributed by atoms with E-state index in [9.17, 15) is 24.3 Å². The Morgan fingerprint density at radius 3 is 2.77 bits per heavy atom. The van der Waals surface area contributed by atoms with Gasteiger partial charge in [-0.05, 0) is 43.3 Å². The van der Waals surface area contributed by atoms with Crippen LogP contribution < -0.4 is 10.2 Å². The number of hydrogen-bond acceptors (Lipinski definition) is 6. The van der Waals surface area contributed by atoms with E-state index < -0.39 is 18.0 Å². The van der Waals surface area contributed by atoms with Gasteiger partial charge in [-0.3, -0.25) is 10.3 Å².